The van der Waals surface area contributed by atoms with E-state index in [1.54, 1.807) is 0 Å². The van der Waals surface area contributed by atoms with Gasteiger partial charge in [-0.1, -0.05) is 179 Å². The molecule has 0 atom stereocenters. The predicted molar refractivity (Wildman–Crippen MR) is 266 cm³/mol. The van der Waals surface area contributed by atoms with Gasteiger partial charge in [-0.25, -0.2) is 4.98 Å². The van der Waals surface area contributed by atoms with Gasteiger partial charge in [-0.15, -0.1) is 0 Å². The molecule has 12 rings (SSSR count). The Balaban J connectivity index is 1.09. The normalized spacial score (nSPS) is 14.4. The molecule has 0 aliphatic heterocycles. The average Bonchev–Trinajstić information content (AvgIpc) is 3.84. The molecule has 0 amide bonds. The maximum absolute atomic E-state index is 5.31. The molecular weight excluding hydrogens is 779 g/mol. The van der Waals surface area contributed by atoms with Crippen LogP contribution in [0.2, 0.25) is 0 Å². The summed E-state index contributed by atoms with van der Waals surface area (Å²) in [6.07, 6.45) is 2.35. The summed E-state index contributed by atoms with van der Waals surface area (Å²) in [4.78, 5) is 15.7. The first kappa shape index (κ1) is 38.1. The quantitative estimate of drug-likeness (QED) is 0.168. The van der Waals surface area contributed by atoms with Gasteiger partial charge < -0.3 is 4.57 Å². The van der Waals surface area contributed by atoms with E-state index in [0.717, 1.165) is 56.1 Å². The van der Waals surface area contributed by atoms with Gasteiger partial charge in [-0.2, -0.15) is 9.97 Å². The maximum atomic E-state index is 5.31. The van der Waals surface area contributed by atoms with Crippen LogP contribution in [-0.4, -0.2) is 24.1 Å². The minimum Gasteiger partial charge on any atom is -0.309 e. The Labute approximate surface area is 373 Å². The van der Waals surface area contributed by atoms with Crippen molar-refractivity contribution in [2.75, 3.05) is 0 Å². The van der Waals surface area contributed by atoms with Gasteiger partial charge in [0.1, 0.15) is 0 Å². The van der Waals surface area contributed by atoms with Crippen LogP contribution in [-0.2, 0) is 10.8 Å². The molecule has 5 nitrogen and oxygen atoms in total. The van der Waals surface area contributed by atoms with Crippen LogP contribution in [0.25, 0.3) is 100 Å². The molecule has 308 valence electrons. The molecule has 0 fully saturated rings. The molecule has 0 bridgehead atoms. The summed E-state index contributed by atoms with van der Waals surface area (Å²) in [5, 5.41) is 4.72. The zero-order valence-electron chi connectivity index (χ0n) is 36.5. The predicted octanol–water partition coefficient (Wildman–Crippen LogP) is 15.1. The van der Waals surface area contributed by atoms with Gasteiger partial charge in [0.05, 0.1) is 22.1 Å². The number of aromatic nitrogens is 5. The number of fused-ring (bicyclic) bond motifs is 7. The Hall–Kier alpha value is -7.63. The van der Waals surface area contributed by atoms with Crippen LogP contribution in [0.15, 0.2) is 188 Å². The van der Waals surface area contributed by atoms with Crippen LogP contribution in [0.3, 0.4) is 0 Å². The zero-order chi connectivity index (χ0) is 43.2. The fourth-order valence-corrected chi connectivity index (χ4v) is 10.5. The highest BCUT2D eigenvalue weighted by molar-refractivity contribution is 6.19. The van der Waals surface area contributed by atoms with E-state index >= 15 is 0 Å². The summed E-state index contributed by atoms with van der Waals surface area (Å²) in [6, 6.07) is 67.5. The van der Waals surface area contributed by atoms with Crippen molar-refractivity contribution in [3.63, 3.8) is 0 Å². The Morgan fingerprint density at radius 1 is 0.375 bits per heavy atom. The van der Waals surface area contributed by atoms with Gasteiger partial charge >= 0.3 is 0 Å². The van der Waals surface area contributed by atoms with E-state index in [1.165, 1.54) is 50.5 Å². The highest BCUT2D eigenvalue weighted by Gasteiger charge is 2.38. The lowest BCUT2D eigenvalue weighted by Gasteiger charge is -2.43. The Kier molecular flexibility index (Phi) is 8.61. The van der Waals surface area contributed by atoms with E-state index in [2.05, 4.69) is 201 Å². The van der Waals surface area contributed by atoms with E-state index in [9.17, 15) is 0 Å². The number of para-hydroxylation sites is 2. The molecule has 0 saturated carbocycles. The van der Waals surface area contributed by atoms with E-state index in [0.29, 0.717) is 17.6 Å². The van der Waals surface area contributed by atoms with Crippen LogP contribution in [0.5, 0.6) is 0 Å². The van der Waals surface area contributed by atoms with Crippen molar-refractivity contribution in [1.82, 2.24) is 24.1 Å². The van der Waals surface area contributed by atoms with Crippen molar-refractivity contribution in [2.24, 2.45) is 0 Å². The minimum absolute atomic E-state index is 0.0736. The average molecular weight is 826 g/mol. The largest absolute Gasteiger partial charge is 0.309 e. The van der Waals surface area contributed by atoms with Crippen molar-refractivity contribution in [1.29, 1.82) is 0 Å². The molecule has 11 aromatic rings. The molecule has 0 N–H and O–H groups in total. The molecule has 0 saturated heterocycles. The lowest BCUT2D eigenvalue weighted by molar-refractivity contribution is 0.333. The molecule has 0 radical (unpaired) electrons. The Morgan fingerprint density at radius 3 is 1.58 bits per heavy atom. The Morgan fingerprint density at radius 2 is 0.891 bits per heavy atom. The van der Waals surface area contributed by atoms with Gasteiger partial charge in [-0.3, -0.25) is 4.57 Å². The van der Waals surface area contributed by atoms with Gasteiger partial charge in [0.25, 0.3) is 0 Å². The van der Waals surface area contributed by atoms with Crippen LogP contribution in [0, 0.1) is 0 Å². The summed E-state index contributed by atoms with van der Waals surface area (Å²) < 4.78 is 4.68. The van der Waals surface area contributed by atoms with Crippen LogP contribution < -0.4 is 0 Å². The SMILES string of the molecule is CC1(C)CCC(C)(C)c2c(-c3cccc(-n4c5ccccc5c5cc6c7ccccc7n(-c7nc(-c8ccccc8)nc(-c8ccc(-c9ccccc9)cc8)n7)c6cc54)c3)cccc21. The first-order chi connectivity index (χ1) is 31.2. The van der Waals surface area contributed by atoms with Crippen molar-refractivity contribution in [3.8, 4) is 56.7 Å². The molecule has 0 unspecified atom stereocenters. The second kappa shape index (κ2) is 14.5. The van der Waals surface area contributed by atoms with Crippen LogP contribution >= 0.6 is 0 Å². The van der Waals surface area contributed by atoms with E-state index < -0.39 is 0 Å². The molecule has 3 heterocycles. The summed E-state index contributed by atoms with van der Waals surface area (Å²) >= 11 is 0. The molecule has 3 aromatic heterocycles. The minimum atomic E-state index is 0.0736. The summed E-state index contributed by atoms with van der Waals surface area (Å²) in [5.74, 6) is 1.82. The van der Waals surface area contributed by atoms with Crippen LogP contribution in [0.1, 0.15) is 51.7 Å². The topological polar surface area (TPSA) is 48.5 Å². The Bertz CT molecular complexity index is 3590. The van der Waals surface area contributed by atoms with Crippen molar-refractivity contribution < 1.29 is 0 Å². The summed E-state index contributed by atoms with van der Waals surface area (Å²) in [5.41, 5.74) is 15.4. The zero-order valence-corrected chi connectivity index (χ0v) is 36.5. The van der Waals surface area contributed by atoms with E-state index in [-0.39, 0.29) is 10.8 Å². The van der Waals surface area contributed by atoms with Gasteiger partial charge in [-0.05, 0) is 93.5 Å². The van der Waals surface area contributed by atoms with Gasteiger partial charge in [0.2, 0.25) is 5.95 Å². The van der Waals surface area contributed by atoms with Crippen molar-refractivity contribution >= 4 is 43.6 Å². The van der Waals surface area contributed by atoms with Crippen LogP contribution in [0.4, 0.5) is 0 Å². The second-order valence-corrected chi connectivity index (χ2v) is 18.7. The third-order valence-corrected chi connectivity index (χ3v) is 13.8. The molecule has 0 spiro atoms. The third kappa shape index (κ3) is 6.10. The lowest BCUT2D eigenvalue weighted by atomic mass is 9.61. The maximum Gasteiger partial charge on any atom is 0.238 e. The van der Waals surface area contributed by atoms with Crippen molar-refractivity contribution in [3.05, 3.63) is 199 Å². The summed E-state index contributed by atoms with van der Waals surface area (Å²) in [7, 11) is 0. The number of nitrogens with zero attached hydrogens (tertiary/aromatic N) is 5. The van der Waals surface area contributed by atoms with Gasteiger partial charge in [0.15, 0.2) is 11.6 Å². The van der Waals surface area contributed by atoms with Gasteiger partial charge in [0, 0.05) is 38.4 Å². The number of hydrogen-bond donors (Lipinski definition) is 0. The first-order valence-corrected chi connectivity index (χ1v) is 22.4. The number of rotatable bonds is 6. The fraction of sp³-hybridized carbons (Fsp3) is 0.136. The highest BCUT2D eigenvalue weighted by Crippen LogP contribution is 2.50. The number of benzene rings is 8. The molecule has 64 heavy (non-hydrogen) atoms. The lowest BCUT2D eigenvalue weighted by Crippen LogP contribution is -2.34. The first-order valence-electron chi connectivity index (χ1n) is 22.4. The highest BCUT2D eigenvalue weighted by atomic mass is 15.2. The molecule has 1 aliphatic rings. The summed E-state index contributed by atoms with van der Waals surface area (Å²) in [6.45, 7) is 9.66. The molecule has 5 heteroatoms. The smallest absolute Gasteiger partial charge is 0.238 e. The molecule has 1 aliphatic carbocycles. The standard InChI is InChI=1S/C59H47N5/c1-58(2)33-34-59(3,4)54-44(25-16-26-49(54)58)42-21-15-22-43(35-42)63-50-27-13-11-23-45(50)47-36-48-46-24-12-14-28-51(46)64(53(48)37-52(47)63)57-61-55(40-19-9-6-10-20-40)60-56(62-57)41-31-29-39(30-32-41)38-17-7-5-8-18-38/h5-32,35-37H,33-34H2,1-4H3. The third-order valence-electron chi connectivity index (χ3n) is 13.8. The monoisotopic (exact) mass is 825 g/mol. The second-order valence-electron chi connectivity index (χ2n) is 18.7. The molecular formula is C59H47N5. The van der Waals surface area contributed by atoms with E-state index in [1.807, 2.05) is 24.3 Å². The number of hydrogen-bond acceptors (Lipinski definition) is 3. The fourth-order valence-electron chi connectivity index (χ4n) is 10.5. The molecule has 8 aromatic carbocycles. The van der Waals surface area contributed by atoms with E-state index in [4.69, 9.17) is 15.0 Å². The van der Waals surface area contributed by atoms with Crippen molar-refractivity contribution in [2.45, 2.75) is 51.4 Å².